The molecule has 1 aromatic heterocycles. The van der Waals surface area contributed by atoms with Gasteiger partial charge in [-0.05, 0) is 12.1 Å². The van der Waals surface area contributed by atoms with E-state index < -0.39 is 24.7 Å². The van der Waals surface area contributed by atoms with E-state index >= 15 is 0 Å². The van der Waals surface area contributed by atoms with Crippen molar-refractivity contribution in [3.8, 4) is 5.75 Å². The molecule has 25 heavy (non-hydrogen) atoms. The highest BCUT2D eigenvalue weighted by Crippen LogP contribution is 2.24. The molecule has 1 atom stereocenters. The number of amides is 1. The SMILES string of the molecule is Cl.Cl.O=C(COc1cccnc1)NCC(N1CCNCC1)C(F)(F)F. The largest absolute Gasteiger partial charge is 0.482 e. The average molecular weight is 405 g/mol. The van der Waals surface area contributed by atoms with Crippen molar-refractivity contribution in [3.05, 3.63) is 24.5 Å². The third kappa shape index (κ3) is 8.08. The lowest BCUT2D eigenvalue weighted by Gasteiger charge is -2.35. The van der Waals surface area contributed by atoms with Crippen LogP contribution in [0.3, 0.4) is 0 Å². The fourth-order valence-electron chi connectivity index (χ4n) is 2.29. The normalized spacial score (nSPS) is 16.1. The van der Waals surface area contributed by atoms with E-state index in [2.05, 4.69) is 15.6 Å². The van der Waals surface area contributed by atoms with Crippen molar-refractivity contribution in [2.24, 2.45) is 0 Å². The summed E-state index contributed by atoms with van der Waals surface area (Å²) in [5.74, 6) is -0.213. The highest BCUT2D eigenvalue weighted by molar-refractivity contribution is 5.85. The predicted molar refractivity (Wildman–Crippen MR) is 91.5 cm³/mol. The number of hydrogen-bond acceptors (Lipinski definition) is 5. The third-order valence-electron chi connectivity index (χ3n) is 3.47. The second-order valence-electron chi connectivity index (χ2n) is 5.12. The van der Waals surface area contributed by atoms with Gasteiger partial charge in [-0.15, -0.1) is 24.8 Å². The van der Waals surface area contributed by atoms with E-state index in [0.29, 0.717) is 31.9 Å². The molecule has 0 spiro atoms. The lowest BCUT2D eigenvalue weighted by atomic mass is 10.2. The first kappa shape index (κ1) is 23.7. The molecular formula is C14H21Cl2F3N4O2. The Morgan fingerprint density at radius 2 is 2.04 bits per heavy atom. The van der Waals surface area contributed by atoms with Gasteiger partial charge >= 0.3 is 6.18 Å². The maximum Gasteiger partial charge on any atom is 0.405 e. The molecule has 11 heteroatoms. The summed E-state index contributed by atoms with van der Waals surface area (Å²) >= 11 is 0. The number of ether oxygens (including phenoxy) is 1. The zero-order chi connectivity index (χ0) is 16.7. The first-order chi connectivity index (χ1) is 11.0. The van der Waals surface area contributed by atoms with Crippen molar-refractivity contribution in [2.45, 2.75) is 12.2 Å². The summed E-state index contributed by atoms with van der Waals surface area (Å²) in [5, 5.41) is 5.29. The molecular weight excluding hydrogens is 384 g/mol. The molecule has 1 fully saturated rings. The summed E-state index contributed by atoms with van der Waals surface area (Å²) in [5.41, 5.74) is 0. The lowest BCUT2D eigenvalue weighted by Crippen LogP contribution is -2.57. The van der Waals surface area contributed by atoms with Gasteiger partial charge in [0.05, 0.1) is 6.20 Å². The van der Waals surface area contributed by atoms with Crippen LogP contribution in [0.1, 0.15) is 0 Å². The van der Waals surface area contributed by atoms with E-state index in [-0.39, 0.29) is 31.4 Å². The van der Waals surface area contributed by atoms with E-state index in [4.69, 9.17) is 4.74 Å². The van der Waals surface area contributed by atoms with E-state index in [1.165, 1.54) is 11.1 Å². The summed E-state index contributed by atoms with van der Waals surface area (Å²) in [6, 6.07) is 1.56. The summed E-state index contributed by atoms with van der Waals surface area (Å²) in [6.07, 6.45) is -1.42. The van der Waals surface area contributed by atoms with Crippen LogP contribution in [-0.2, 0) is 4.79 Å². The molecule has 2 heterocycles. The Labute approximate surface area is 156 Å². The Balaban J connectivity index is 0.00000288. The molecule has 0 saturated carbocycles. The number of aromatic nitrogens is 1. The highest BCUT2D eigenvalue weighted by Gasteiger charge is 2.43. The third-order valence-corrected chi connectivity index (χ3v) is 3.47. The number of hydrogen-bond donors (Lipinski definition) is 2. The van der Waals surface area contributed by atoms with Crippen LogP contribution in [0.25, 0.3) is 0 Å². The standard InChI is InChI=1S/C14H19F3N4O2.2ClH/c15-14(16,17)12(21-6-4-18-5-7-21)9-20-13(22)10-23-11-2-1-3-19-8-11;;/h1-3,8,12,18H,4-7,9-10H2,(H,20,22);2*1H. The van der Waals surface area contributed by atoms with Gasteiger partial charge in [0.1, 0.15) is 11.8 Å². The number of pyridine rings is 1. The molecule has 2 rings (SSSR count). The first-order valence-electron chi connectivity index (χ1n) is 7.28. The Bertz CT molecular complexity index is 503. The van der Waals surface area contributed by atoms with Gasteiger partial charge in [0.2, 0.25) is 0 Å². The maximum absolute atomic E-state index is 13.2. The number of piperazine rings is 1. The summed E-state index contributed by atoms with van der Waals surface area (Å²) < 4.78 is 44.6. The molecule has 1 unspecified atom stereocenters. The van der Waals surface area contributed by atoms with Crippen LogP contribution in [0, 0.1) is 0 Å². The number of alkyl halides is 3. The van der Waals surface area contributed by atoms with Crippen LogP contribution in [0.4, 0.5) is 13.2 Å². The van der Waals surface area contributed by atoms with Crippen molar-refractivity contribution < 1.29 is 22.7 Å². The van der Waals surface area contributed by atoms with Crippen LogP contribution in [-0.4, -0.2) is 67.3 Å². The smallest absolute Gasteiger partial charge is 0.405 e. The molecule has 1 aliphatic rings. The molecule has 0 radical (unpaired) electrons. The van der Waals surface area contributed by atoms with Gasteiger partial charge in [-0.25, -0.2) is 0 Å². The van der Waals surface area contributed by atoms with Crippen LogP contribution >= 0.6 is 24.8 Å². The van der Waals surface area contributed by atoms with Crippen molar-refractivity contribution in [3.63, 3.8) is 0 Å². The quantitative estimate of drug-likeness (QED) is 0.746. The van der Waals surface area contributed by atoms with Crippen LogP contribution in [0.5, 0.6) is 5.75 Å². The predicted octanol–water partition coefficient (Wildman–Crippen LogP) is 1.26. The minimum atomic E-state index is -4.39. The number of carbonyl (C=O) groups is 1. The monoisotopic (exact) mass is 404 g/mol. The minimum Gasteiger partial charge on any atom is -0.482 e. The van der Waals surface area contributed by atoms with Gasteiger partial charge in [0.25, 0.3) is 5.91 Å². The summed E-state index contributed by atoms with van der Waals surface area (Å²) in [7, 11) is 0. The van der Waals surface area contributed by atoms with Crippen LogP contribution in [0.15, 0.2) is 24.5 Å². The maximum atomic E-state index is 13.2. The van der Waals surface area contributed by atoms with Gasteiger partial charge in [-0.2, -0.15) is 13.2 Å². The van der Waals surface area contributed by atoms with E-state index in [9.17, 15) is 18.0 Å². The number of halogens is 5. The van der Waals surface area contributed by atoms with Gasteiger partial charge in [-0.3, -0.25) is 14.7 Å². The summed E-state index contributed by atoms with van der Waals surface area (Å²) in [6.45, 7) is 0.768. The first-order valence-corrected chi connectivity index (χ1v) is 7.28. The second-order valence-corrected chi connectivity index (χ2v) is 5.12. The van der Waals surface area contributed by atoms with E-state index in [1.54, 1.807) is 18.3 Å². The molecule has 1 aliphatic heterocycles. The highest BCUT2D eigenvalue weighted by atomic mass is 35.5. The number of nitrogens with zero attached hydrogens (tertiary/aromatic N) is 2. The molecule has 6 nitrogen and oxygen atoms in total. The van der Waals surface area contributed by atoms with Crippen molar-refractivity contribution in [2.75, 3.05) is 39.3 Å². The Morgan fingerprint density at radius 3 is 2.60 bits per heavy atom. The van der Waals surface area contributed by atoms with Crippen molar-refractivity contribution in [1.29, 1.82) is 0 Å². The van der Waals surface area contributed by atoms with Crippen LogP contribution in [0.2, 0.25) is 0 Å². The molecule has 1 aromatic rings. The Kier molecular flexibility index (Phi) is 10.8. The fraction of sp³-hybridized carbons (Fsp3) is 0.571. The van der Waals surface area contributed by atoms with Gasteiger partial charge in [-0.1, -0.05) is 0 Å². The topological polar surface area (TPSA) is 66.5 Å². The molecule has 1 saturated heterocycles. The molecule has 144 valence electrons. The molecule has 2 N–H and O–H groups in total. The Morgan fingerprint density at radius 1 is 1.36 bits per heavy atom. The Hall–Kier alpha value is -1.29. The zero-order valence-corrected chi connectivity index (χ0v) is 14.9. The van der Waals surface area contributed by atoms with Gasteiger partial charge in [0, 0.05) is 38.9 Å². The molecule has 0 aromatic carbocycles. The van der Waals surface area contributed by atoms with Gasteiger partial charge < -0.3 is 15.4 Å². The fourth-order valence-corrected chi connectivity index (χ4v) is 2.29. The van der Waals surface area contributed by atoms with E-state index in [1.807, 2.05) is 0 Å². The van der Waals surface area contributed by atoms with Gasteiger partial charge in [0.15, 0.2) is 6.61 Å². The molecule has 0 aliphatic carbocycles. The minimum absolute atomic E-state index is 0. The zero-order valence-electron chi connectivity index (χ0n) is 13.3. The molecule has 1 amide bonds. The lowest BCUT2D eigenvalue weighted by molar-refractivity contribution is -0.184. The van der Waals surface area contributed by atoms with Crippen molar-refractivity contribution >= 4 is 30.7 Å². The number of rotatable bonds is 6. The second kappa shape index (κ2) is 11.3. The number of carbonyl (C=O) groups excluding carboxylic acids is 1. The summed E-state index contributed by atoms with van der Waals surface area (Å²) in [4.78, 5) is 16.8. The van der Waals surface area contributed by atoms with Crippen molar-refractivity contribution in [1.82, 2.24) is 20.5 Å². The van der Waals surface area contributed by atoms with Crippen LogP contribution < -0.4 is 15.4 Å². The molecule has 0 bridgehead atoms. The van der Waals surface area contributed by atoms with E-state index in [0.717, 1.165) is 0 Å². The number of nitrogens with one attached hydrogen (secondary N) is 2. The average Bonchev–Trinajstić information content (AvgIpc) is 2.54.